The quantitative estimate of drug-likeness (QED) is 0.745. The maximum Gasteiger partial charge on any atom is 0.410 e. The normalized spacial score (nSPS) is 21.6. The second-order valence-electron chi connectivity index (χ2n) is 6.19. The monoisotopic (exact) mass is 287 g/mol. The highest BCUT2D eigenvalue weighted by atomic mass is 16.6. The van der Waals surface area contributed by atoms with Gasteiger partial charge in [-0.3, -0.25) is 0 Å². The number of benzene rings is 1. The highest BCUT2D eigenvalue weighted by molar-refractivity contribution is 5.68. The summed E-state index contributed by atoms with van der Waals surface area (Å²) in [6.07, 6.45) is -1.03. The van der Waals surface area contributed by atoms with E-state index < -0.39 is 17.8 Å². The molecule has 0 unspecified atom stereocenters. The van der Waals surface area contributed by atoms with Gasteiger partial charge in [0.1, 0.15) is 5.60 Å². The number of hydrogen-bond donors (Lipinski definition) is 1. The maximum atomic E-state index is 12.0. The largest absolute Gasteiger partial charge is 0.444 e. The first kappa shape index (κ1) is 15.4. The molecule has 0 aliphatic carbocycles. The Morgan fingerprint density at radius 3 is 2.57 bits per heavy atom. The molecule has 0 bridgehead atoms. The lowest BCUT2D eigenvalue weighted by Crippen LogP contribution is -2.35. The van der Waals surface area contributed by atoms with Crippen LogP contribution in [0.25, 0.3) is 0 Å². The fraction of sp³-hybridized carbons (Fsp3) is 0.471. The Labute approximate surface area is 125 Å². The molecule has 0 saturated carbocycles. The number of rotatable bonds is 0. The van der Waals surface area contributed by atoms with E-state index in [0.717, 1.165) is 5.56 Å². The van der Waals surface area contributed by atoms with Crippen molar-refractivity contribution in [2.75, 3.05) is 13.1 Å². The molecule has 0 radical (unpaired) electrons. The van der Waals surface area contributed by atoms with Crippen LogP contribution >= 0.6 is 0 Å². The lowest BCUT2D eigenvalue weighted by molar-refractivity contribution is 0.0270. The summed E-state index contributed by atoms with van der Waals surface area (Å²) in [6, 6.07) is 9.60. The van der Waals surface area contributed by atoms with Gasteiger partial charge < -0.3 is 14.7 Å². The average Bonchev–Trinajstić information content (AvgIpc) is 2.77. The van der Waals surface area contributed by atoms with E-state index in [2.05, 4.69) is 11.8 Å². The number of aliphatic hydroxyl groups excluding tert-OH is 1. The third kappa shape index (κ3) is 4.51. The maximum absolute atomic E-state index is 12.0. The summed E-state index contributed by atoms with van der Waals surface area (Å²) in [6.45, 7) is 6.14. The molecule has 0 aromatic heterocycles. The molecule has 1 aliphatic heterocycles. The van der Waals surface area contributed by atoms with Crippen molar-refractivity contribution in [1.29, 1.82) is 0 Å². The molecule has 1 amide bonds. The summed E-state index contributed by atoms with van der Waals surface area (Å²) in [7, 11) is 0. The smallest absolute Gasteiger partial charge is 0.410 e. The van der Waals surface area contributed by atoms with Crippen LogP contribution in [0.5, 0.6) is 0 Å². The first-order valence-corrected chi connectivity index (χ1v) is 7.08. The molecule has 4 nitrogen and oxygen atoms in total. The number of hydrogen-bond acceptors (Lipinski definition) is 3. The van der Waals surface area contributed by atoms with E-state index in [1.165, 1.54) is 4.90 Å². The van der Waals surface area contributed by atoms with Gasteiger partial charge in [-0.05, 0) is 32.9 Å². The van der Waals surface area contributed by atoms with Gasteiger partial charge in [-0.2, -0.15) is 0 Å². The molecule has 1 N–H and O–H groups in total. The van der Waals surface area contributed by atoms with Crippen LogP contribution in [-0.4, -0.2) is 40.9 Å². The third-order valence-electron chi connectivity index (χ3n) is 3.12. The standard InChI is InChI=1S/C17H21NO3/c1-17(2,3)21-16(20)18-11-14(15(19)12-18)10-9-13-7-5-4-6-8-13/h4-8,14-15,19H,11-12H2,1-3H3/t14-,15-/m1/s1. The second-order valence-corrected chi connectivity index (χ2v) is 6.19. The number of amides is 1. The van der Waals surface area contributed by atoms with Crippen molar-refractivity contribution in [2.45, 2.75) is 32.5 Å². The summed E-state index contributed by atoms with van der Waals surface area (Å²) < 4.78 is 5.31. The van der Waals surface area contributed by atoms with Crippen LogP contribution in [0.15, 0.2) is 30.3 Å². The molecule has 4 heteroatoms. The van der Waals surface area contributed by atoms with Gasteiger partial charge in [0.25, 0.3) is 0 Å². The first-order valence-electron chi connectivity index (χ1n) is 7.08. The number of β-amino-alcohol motifs (C(OH)–C–C–N with tert-alkyl or cyclic N) is 1. The van der Waals surface area contributed by atoms with Gasteiger partial charge >= 0.3 is 6.09 Å². The molecule has 1 fully saturated rings. The summed E-state index contributed by atoms with van der Waals surface area (Å²) in [5.41, 5.74) is 0.371. The highest BCUT2D eigenvalue weighted by Crippen LogP contribution is 2.19. The summed E-state index contributed by atoms with van der Waals surface area (Å²) >= 11 is 0. The zero-order valence-corrected chi connectivity index (χ0v) is 12.7. The van der Waals surface area contributed by atoms with Crippen LogP contribution < -0.4 is 0 Å². The molecule has 112 valence electrons. The van der Waals surface area contributed by atoms with Crippen LogP contribution in [0, 0.1) is 17.8 Å². The van der Waals surface area contributed by atoms with Gasteiger partial charge in [0.2, 0.25) is 0 Å². The molecule has 2 atom stereocenters. The van der Waals surface area contributed by atoms with E-state index in [-0.39, 0.29) is 12.5 Å². The van der Waals surface area contributed by atoms with Crippen LogP contribution in [0.4, 0.5) is 4.79 Å². The zero-order chi connectivity index (χ0) is 15.5. The Morgan fingerprint density at radius 1 is 1.29 bits per heavy atom. The minimum Gasteiger partial charge on any atom is -0.444 e. The predicted molar refractivity (Wildman–Crippen MR) is 80.6 cm³/mol. The van der Waals surface area contributed by atoms with Gasteiger partial charge in [-0.15, -0.1) is 0 Å². The number of carbonyl (C=O) groups excluding carboxylic acids is 1. The van der Waals surface area contributed by atoms with E-state index in [4.69, 9.17) is 4.74 Å². The Balaban J connectivity index is 1.99. The van der Waals surface area contributed by atoms with E-state index >= 15 is 0 Å². The topological polar surface area (TPSA) is 49.8 Å². The fourth-order valence-electron chi connectivity index (χ4n) is 2.10. The van der Waals surface area contributed by atoms with Gasteiger partial charge in [-0.25, -0.2) is 4.79 Å². The molecule has 21 heavy (non-hydrogen) atoms. The summed E-state index contributed by atoms with van der Waals surface area (Å²) in [5.74, 6) is 5.84. The first-order chi connectivity index (χ1) is 9.85. The summed E-state index contributed by atoms with van der Waals surface area (Å²) in [4.78, 5) is 13.5. The highest BCUT2D eigenvalue weighted by Gasteiger charge is 2.35. The van der Waals surface area contributed by atoms with Crippen LogP contribution in [0.2, 0.25) is 0 Å². The van der Waals surface area contributed by atoms with E-state index in [0.29, 0.717) is 6.54 Å². The van der Waals surface area contributed by atoms with Crippen LogP contribution in [0.1, 0.15) is 26.3 Å². The average molecular weight is 287 g/mol. The fourth-order valence-corrected chi connectivity index (χ4v) is 2.10. The molecule has 1 aromatic carbocycles. The minimum absolute atomic E-state index is 0.238. The van der Waals surface area contributed by atoms with Crippen molar-refractivity contribution in [3.63, 3.8) is 0 Å². The van der Waals surface area contributed by atoms with Gasteiger partial charge in [0.05, 0.1) is 18.6 Å². The SMILES string of the molecule is CC(C)(C)OC(=O)N1C[C@@H](O)[C@H](C#Cc2ccccc2)C1. The van der Waals surface area contributed by atoms with Crippen molar-refractivity contribution in [3.8, 4) is 11.8 Å². The summed E-state index contributed by atoms with van der Waals surface area (Å²) in [5, 5.41) is 10.0. The molecular formula is C17H21NO3. The minimum atomic E-state index is -0.631. The van der Waals surface area contributed by atoms with Gasteiger partial charge in [-0.1, -0.05) is 30.0 Å². The Morgan fingerprint density at radius 2 is 1.95 bits per heavy atom. The van der Waals surface area contributed by atoms with Gasteiger partial charge in [0, 0.05) is 12.1 Å². The number of ether oxygens (including phenoxy) is 1. The van der Waals surface area contributed by atoms with Crippen LogP contribution in [-0.2, 0) is 4.74 Å². The zero-order valence-electron chi connectivity index (χ0n) is 12.7. The third-order valence-corrected chi connectivity index (χ3v) is 3.12. The van der Waals surface area contributed by atoms with E-state index in [1.54, 1.807) is 0 Å². The van der Waals surface area contributed by atoms with E-state index in [9.17, 15) is 9.90 Å². The van der Waals surface area contributed by atoms with Gasteiger partial charge in [0.15, 0.2) is 0 Å². The molecular weight excluding hydrogens is 266 g/mol. The van der Waals surface area contributed by atoms with Crippen molar-refractivity contribution < 1.29 is 14.6 Å². The number of carbonyl (C=O) groups is 1. The lowest BCUT2D eigenvalue weighted by Gasteiger charge is -2.24. The second kappa shape index (κ2) is 6.19. The van der Waals surface area contributed by atoms with E-state index in [1.807, 2.05) is 51.1 Å². The molecule has 1 aromatic rings. The molecule has 0 spiro atoms. The van der Waals surface area contributed by atoms with Crippen molar-refractivity contribution in [1.82, 2.24) is 4.90 Å². The molecule has 1 aliphatic rings. The molecule has 2 rings (SSSR count). The Hall–Kier alpha value is -1.99. The Kier molecular flexibility index (Phi) is 4.54. The number of nitrogens with zero attached hydrogens (tertiary/aromatic N) is 1. The van der Waals surface area contributed by atoms with Crippen LogP contribution in [0.3, 0.4) is 0 Å². The number of aliphatic hydroxyl groups is 1. The lowest BCUT2D eigenvalue weighted by atomic mass is 10.1. The van der Waals surface area contributed by atoms with Crippen molar-refractivity contribution in [3.05, 3.63) is 35.9 Å². The van der Waals surface area contributed by atoms with Crippen molar-refractivity contribution in [2.24, 2.45) is 5.92 Å². The molecule has 1 saturated heterocycles. The Bertz CT molecular complexity index is 551. The number of likely N-dealkylation sites (tertiary alicyclic amines) is 1. The van der Waals surface area contributed by atoms with Crippen molar-refractivity contribution >= 4 is 6.09 Å². The predicted octanol–water partition coefficient (Wildman–Crippen LogP) is 2.27. The molecule has 1 heterocycles.